The molecule has 10 heteroatoms. The molecule has 150 valence electrons. The summed E-state index contributed by atoms with van der Waals surface area (Å²) in [6, 6.07) is 10.5. The van der Waals surface area contributed by atoms with Gasteiger partial charge in [-0.05, 0) is 36.8 Å². The van der Waals surface area contributed by atoms with Crippen LogP contribution >= 0.6 is 23.1 Å². The van der Waals surface area contributed by atoms with Crippen LogP contribution in [0, 0.1) is 18.3 Å². The van der Waals surface area contributed by atoms with Crippen LogP contribution in [-0.2, 0) is 4.79 Å². The van der Waals surface area contributed by atoms with Crippen molar-refractivity contribution in [3.05, 3.63) is 64.3 Å². The molecule has 4 rings (SSSR count). The van der Waals surface area contributed by atoms with E-state index in [4.69, 9.17) is 8.83 Å². The number of hydrogen-bond donors (Lipinski definition) is 2. The van der Waals surface area contributed by atoms with Crippen molar-refractivity contribution in [2.45, 2.75) is 11.9 Å². The first-order valence-electron chi connectivity index (χ1n) is 8.70. The third-order valence-electron chi connectivity index (χ3n) is 4.04. The summed E-state index contributed by atoms with van der Waals surface area (Å²) >= 11 is 2.35. The van der Waals surface area contributed by atoms with Crippen LogP contribution < -0.4 is 10.9 Å². The van der Waals surface area contributed by atoms with Gasteiger partial charge in [-0.2, -0.15) is 5.26 Å². The third-order valence-corrected chi connectivity index (χ3v) is 6.02. The summed E-state index contributed by atoms with van der Waals surface area (Å²) in [5.74, 6) is 0.852. The predicted molar refractivity (Wildman–Crippen MR) is 113 cm³/mol. The highest BCUT2D eigenvalue weighted by molar-refractivity contribution is 8.00. The normalized spacial score (nSPS) is 10.7. The van der Waals surface area contributed by atoms with Crippen LogP contribution in [0.1, 0.15) is 11.1 Å². The van der Waals surface area contributed by atoms with Gasteiger partial charge < -0.3 is 19.1 Å². The van der Waals surface area contributed by atoms with Crippen molar-refractivity contribution < 1.29 is 13.6 Å². The Morgan fingerprint density at radius 1 is 1.30 bits per heavy atom. The molecule has 0 aliphatic heterocycles. The number of hydrogen-bond acceptors (Lipinski definition) is 8. The minimum Gasteiger partial charge on any atom is -0.463 e. The highest BCUT2D eigenvalue weighted by Gasteiger charge is 2.20. The number of aryl methyl sites for hydroxylation is 1. The second-order valence-corrected chi connectivity index (χ2v) is 8.11. The second-order valence-electron chi connectivity index (χ2n) is 6.12. The number of aromatic amines is 1. The van der Waals surface area contributed by atoms with Crippen molar-refractivity contribution >= 4 is 34.1 Å². The first kappa shape index (κ1) is 19.8. The van der Waals surface area contributed by atoms with E-state index in [1.54, 1.807) is 43.7 Å². The van der Waals surface area contributed by atoms with Crippen molar-refractivity contribution in [3.8, 4) is 28.2 Å². The highest BCUT2D eigenvalue weighted by atomic mass is 32.2. The van der Waals surface area contributed by atoms with Crippen LogP contribution in [0.2, 0.25) is 0 Å². The topological polar surface area (TPSA) is 125 Å². The number of carbonyl (C=O) groups is 1. The fourth-order valence-electron chi connectivity index (χ4n) is 2.73. The van der Waals surface area contributed by atoms with Crippen LogP contribution in [-0.4, -0.2) is 21.6 Å². The zero-order valence-electron chi connectivity index (χ0n) is 15.6. The zero-order chi connectivity index (χ0) is 21.1. The monoisotopic (exact) mass is 438 g/mol. The van der Waals surface area contributed by atoms with Crippen LogP contribution in [0.3, 0.4) is 0 Å². The number of aromatic nitrogens is 2. The second kappa shape index (κ2) is 8.44. The van der Waals surface area contributed by atoms with Crippen molar-refractivity contribution in [2.75, 3.05) is 11.1 Å². The Morgan fingerprint density at radius 3 is 2.70 bits per heavy atom. The van der Waals surface area contributed by atoms with Gasteiger partial charge in [0.25, 0.3) is 0 Å². The molecule has 30 heavy (non-hydrogen) atoms. The molecule has 0 saturated heterocycles. The minimum atomic E-state index is -0.322. The van der Waals surface area contributed by atoms with E-state index >= 15 is 0 Å². The van der Waals surface area contributed by atoms with Gasteiger partial charge in [-0.15, -0.1) is 0 Å². The smallest absolute Gasteiger partial charge is 0.249 e. The molecular weight excluding hydrogens is 424 g/mol. The van der Waals surface area contributed by atoms with Crippen molar-refractivity contribution in [2.24, 2.45) is 0 Å². The number of pyridine rings is 1. The van der Waals surface area contributed by atoms with Gasteiger partial charge in [-0.3, -0.25) is 9.59 Å². The number of carbonyl (C=O) groups excluding carboxylic acids is 1. The maximum absolute atomic E-state index is 12.5. The number of H-pyrrole nitrogens is 1. The average molecular weight is 438 g/mol. The average Bonchev–Trinajstić information content (AvgIpc) is 3.46. The van der Waals surface area contributed by atoms with Crippen molar-refractivity contribution in [3.63, 3.8) is 0 Å². The van der Waals surface area contributed by atoms with E-state index in [0.29, 0.717) is 38.5 Å². The summed E-state index contributed by atoms with van der Waals surface area (Å²) < 4.78 is 10.9. The summed E-state index contributed by atoms with van der Waals surface area (Å²) in [5, 5.41) is 12.8. The predicted octanol–water partition coefficient (Wildman–Crippen LogP) is 4.26. The number of furan rings is 2. The van der Waals surface area contributed by atoms with Gasteiger partial charge in [0, 0.05) is 6.07 Å². The van der Waals surface area contributed by atoms with Gasteiger partial charge >= 0.3 is 0 Å². The van der Waals surface area contributed by atoms with Crippen molar-refractivity contribution in [1.29, 1.82) is 5.26 Å². The van der Waals surface area contributed by atoms with E-state index < -0.39 is 0 Å². The fourth-order valence-corrected chi connectivity index (χ4v) is 4.55. The first-order chi connectivity index (χ1) is 14.5. The quantitative estimate of drug-likeness (QED) is 0.431. The molecule has 0 spiro atoms. The Hall–Kier alpha value is -3.55. The molecule has 0 saturated carbocycles. The van der Waals surface area contributed by atoms with Crippen LogP contribution in [0.25, 0.3) is 22.1 Å². The van der Waals surface area contributed by atoms with Crippen LogP contribution in [0.5, 0.6) is 0 Å². The molecule has 2 N–H and O–H groups in total. The van der Waals surface area contributed by atoms with E-state index in [9.17, 15) is 14.9 Å². The molecule has 4 aromatic rings. The largest absolute Gasteiger partial charge is 0.463 e. The minimum absolute atomic E-state index is 0.000175. The molecule has 4 aromatic heterocycles. The number of rotatable bonds is 6. The molecule has 0 unspecified atom stereocenters. The lowest BCUT2D eigenvalue weighted by atomic mass is 10.2. The SMILES string of the molecule is Cc1cc(=O)[nH]c(SCC(=O)Nc2nc(-c3ccco3)c(-c3ccco3)s2)c1C#N. The standard InChI is InChI=1S/C20H14N4O4S2/c1-11-8-15(25)22-19(12(11)9-21)29-10-16(26)23-20-24-17(13-4-2-6-27-13)18(30-20)14-5-3-7-28-14/h2-8H,10H2,1H3,(H,22,25)(H,23,24,26). The number of nitriles is 1. The van der Waals surface area contributed by atoms with Gasteiger partial charge in [0.05, 0.1) is 28.9 Å². The lowest BCUT2D eigenvalue weighted by Gasteiger charge is -2.05. The number of thiazole rings is 1. The van der Waals surface area contributed by atoms with E-state index in [1.165, 1.54) is 17.4 Å². The van der Waals surface area contributed by atoms with Gasteiger partial charge in [-0.25, -0.2) is 4.98 Å². The van der Waals surface area contributed by atoms with E-state index in [1.807, 2.05) is 0 Å². The number of thioether (sulfide) groups is 1. The molecule has 1 amide bonds. The summed E-state index contributed by atoms with van der Waals surface area (Å²) in [6.45, 7) is 1.68. The molecule has 0 radical (unpaired) electrons. The summed E-state index contributed by atoms with van der Waals surface area (Å²) in [6.07, 6.45) is 3.11. The molecule has 0 bridgehead atoms. The molecular formula is C20H14N4O4S2. The number of amides is 1. The zero-order valence-corrected chi connectivity index (χ0v) is 17.2. The molecule has 4 heterocycles. The summed E-state index contributed by atoms with van der Waals surface area (Å²) in [7, 11) is 0. The van der Waals surface area contributed by atoms with Crippen molar-refractivity contribution in [1.82, 2.24) is 9.97 Å². The number of nitrogens with zero attached hydrogens (tertiary/aromatic N) is 2. The molecule has 0 fully saturated rings. The maximum atomic E-state index is 12.5. The van der Waals surface area contributed by atoms with Gasteiger partial charge in [0.15, 0.2) is 10.9 Å². The highest BCUT2D eigenvalue weighted by Crippen LogP contribution is 2.39. The Kier molecular flexibility index (Phi) is 5.56. The molecule has 0 atom stereocenters. The van der Waals surface area contributed by atoms with Gasteiger partial charge in [0.1, 0.15) is 22.4 Å². The Morgan fingerprint density at radius 2 is 2.03 bits per heavy atom. The van der Waals surface area contributed by atoms with E-state index in [-0.39, 0.29) is 17.2 Å². The Bertz CT molecular complexity index is 1230. The number of nitrogens with one attached hydrogen (secondary N) is 2. The molecule has 0 aliphatic carbocycles. The molecule has 8 nitrogen and oxygen atoms in total. The lowest BCUT2D eigenvalue weighted by molar-refractivity contribution is -0.113. The Balaban J connectivity index is 1.53. The van der Waals surface area contributed by atoms with Gasteiger partial charge in [0.2, 0.25) is 11.5 Å². The van der Waals surface area contributed by atoms with Crippen LogP contribution in [0.4, 0.5) is 5.13 Å². The Labute approximate surface area is 178 Å². The van der Waals surface area contributed by atoms with Crippen LogP contribution in [0.15, 0.2) is 61.5 Å². The van der Waals surface area contributed by atoms with Gasteiger partial charge in [-0.1, -0.05) is 23.1 Å². The van der Waals surface area contributed by atoms with E-state index in [0.717, 1.165) is 16.6 Å². The lowest BCUT2D eigenvalue weighted by Crippen LogP contribution is -2.15. The van der Waals surface area contributed by atoms with E-state index in [2.05, 4.69) is 21.4 Å². The summed E-state index contributed by atoms with van der Waals surface area (Å²) in [4.78, 5) is 31.9. The molecule has 0 aromatic carbocycles. The summed E-state index contributed by atoms with van der Waals surface area (Å²) in [5.41, 5.74) is 1.16. The number of anilines is 1. The third kappa shape index (κ3) is 4.07. The molecule has 0 aliphatic rings. The fraction of sp³-hybridized carbons (Fsp3) is 0.100. The first-order valence-corrected chi connectivity index (χ1v) is 10.5. The maximum Gasteiger partial charge on any atom is 0.249 e.